The van der Waals surface area contributed by atoms with Gasteiger partial charge in [0, 0.05) is 24.1 Å². The Labute approximate surface area is 131 Å². The number of amides is 1. The van der Waals surface area contributed by atoms with E-state index in [1.807, 2.05) is 30.0 Å². The second-order valence-corrected chi connectivity index (χ2v) is 6.75. The maximum absolute atomic E-state index is 12.1. The summed E-state index contributed by atoms with van der Waals surface area (Å²) in [6.07, 6.45) is 0. The number of hydrogen-bond donors (Lipinski definition) is 1. The Morgan fingerprint density at radius 2 is 2.24 bits per heavy atom. The Kier molecular flexibility index (Phi) is 4.84. The van der Waals surface area contributed by atoms with Gasteiger partial charge in [-0.3, -0.25) is 15.0 Å². The summed E-state index contributed by atoms with van der Waals surface area (Å²) in [5.41, 5.74) is 2.88. The van der Waals surface area contributed by atoms with Gasteiger partial charge in [0.25, 0.3) is 0 Å². The van der Waals surface area contributed by atoms with E-state index < -0.39 is 0 Å². The number of nitrogens with one attached hydrogen (secondary N) is 1. The second kappa shape index (κ2) is 7.02. The molecule has 1 fully saturated rings. The molecular weight excluding hydrogens is 304 g/mol. The first-order valence-corrected chi connectivity index (χ1v) is 8.79. The number of carbonyl (C=O) groups is 1. The molecular formula is C14H16N4OS2. The Hall–Kier alpha value is -1.44. The summed E-state index contributed by atoms with van der Waals surface area (Å²) < 4.78 is 0. The van der Waals surface area contributed by atoms with Gasteiger partial charge >= 0.3 is 0 Å². The fourth-order valence-corrected chi connectivity index (χ4v) is 4.00. The van der Waals surface area contributed by atoms with Gasteiger partial charge in [-0.2, -0.15) is 11.8 Å². The molecule has 5 nitrogen and oxygen atoms in total. The van der Waals surface area contributed by atoms with Crippen molar-refractivity contribution in [2.24, 2.45) is 0 Å². The predicted octanol–water partition coefficient (Wildman–Crippen LogP) is 2.27. The lowest BCUT2D eigenvalue weighted by Crippen LogP contribution is -2.41. The molecule has 1 N–H and O–H groups in total. The molecule has 3 rings (SSSR count). The maximum atomic E-state index is 12.1. The van der Waals surface area contributed by atoms with Crippen LogP contribution >= 0.6 is 23.1 Å². The smallest absolute Gasteiger partial charge is 0.240 e. The standard InChI is InChI=1S/C14H16N4OS2/c19-13(16-14-17-15-10-21-14)8-18-6-7-20-9-12(18)11-4-2-1-3-5-11/h1-5,10,12H,6-9H2,(H,16,17,19). The lowest BCUT2D eigenvalue weighted by molar-refractivity contribution is -0.117. The van der Waals surface area contributed by atoms with Crippen molar-refractivity contribution in [3.63, 3.8) is 0 Å². The number of anilines is 1. The molecule has 0 spiro atoms. The van der Waals surface area contributed by atoms with Crippen molar-refractivity contribution in [1.82, 2.24) is 15.1 Å². The van der Waals surface area contributed by atoms with Gasteiger partial charge in [-0.25, -0.2) is 0 Å². The molecule has 2 aromatic rings. The van der Waals surface area contributed by atoms with E-state index in [1.165, 1.54) is 16.9 Å². The molecule has 21 heavy (non-hydrogen) atoms. The van der Waals surface area contributed by atoms with Crippen LogP contribution in [0, 0.1) is 0 Å². The number of benzene rings is 1. The third-order valence-corrected chi connectivity index (χ3v) is 5.01. The van der Waals surface area contributed by atoms with E-state index in [0.717, 1.165) is 18.1 Å². The zero-order valence-corrected chi connectivity index (χ0v) is 13.1. The zero-order chi connectivity index (χ0) is 14.5. The van der Waals surface area contributed by atoms with Gasteiger partial charge in [0.05, 0.1) is 6.54 Å². The van der Waals surface area contributed by atoms with Crippen molar-refractivity contribution in [3.05, 3.63) is 41.4 Å². The number of nitrogens with zero attached hydrogens (tertiary/aromatic N) is 3. The summed E-state index contributed by atoms with van der Waals surface area (Å²) in [6, 6.07) is 10.7. The summed E-state index contributed by atoms with van der Waals surface area (Å²) in [5, 5.41) is 10.9. The summed E-state index contributed by atoms with van der Waals surface area (Å²) in [6.45, 7) is 1.31. The highest BCUT2D eigenvalue weighted by atomic mass is 32.2. The molecule has 1 saturated heterocycles. The fraction of sp³-hybridized carbons (Fsp3) is 0.357. The molecule has 1 aromatic carbocycles. The monoisotopic (exact) mass is 320 g/mol. The van der Waals surface area contributed by atoms with Gasteiger partial charge < -0.3 is 0 Å². The first kappa shape index (κ1) is 14.5. The molecule has 7 heteroatoms. The van der Waals surface area contributed by atoms with Crippen LogP contribution in [0.15, 0.2) is 35.8 Å². The Balaban J connectivity index is 1.66. The van der Waals surface area contributed by atoms with Gasteiger partial charge in [-0.1, -0.05) is 41.7 Å². The van der Waals surface area contributed by atoms with Crippen LogP contribution in [0.5, 0.6) is 0 Å². The van der Waals surface area contributed by atoms with Gasteiger partial charge in [-0.05, 0) is 5.56 Å². The van der Waals surface area contributed by atoms with Crippen LogP contribution in [-0.4, -0.2) is 45.6 Å². The van der Waals surface area contributed by atoms with Crippen molar-refractivity contribution in [1.29, 1.82) is 0 Å². The quantitative estimate of drug-likeness (QED) is 0.936. The largest absolute Gasteiger partial charge is 0.299 e. The van der Waals surface area contributed by atoms with Gasteiger partial charge in [0.2, 0.25) is 11.0 Å². The van der Waals surface area contributed by atoms with Crippen LogP contribution < -0.4 is 5.32 Å². The third-order valence-electron chi connectivity index (χ3n) is 3.38. The molecule has 1 aliphatic heterocycles. The minimum Gasteiger partial charge on any atom is -0.299 e. The van der Waals surface area contributed by atoms with Crippen LogP contribution in [0.25, 0.3) is 0 Å². The topological polar surface area (TPSA) is 58.1 Å². The summed E-state index contributed by atoms with van der Waals surface area (Å²) in [5.74, 6) is 2.06. The van der Waals surface area contributed by atoms with Gasteiger partial charge in [-0.15, -0.1) is 10.2 Å². The third kappa shape index (κ3) is 3.81. The lowest BCUT2D eigenvalue weighted by Gasteiger charge is -2.35. The molecule has 1 unspecified atom stereocenters. The van der Waals surface area contributed by atoms with E-state index in [4.69, 9.17) is 0 Å². The van der Waals surface area contributed by atoms with E-state index in [2.05, 4.69) is 32.5 Å². The first-order chi connectivity index (χ1) is 10.3. The van der Waals surface area contributed by atoms with Crippen molar-refractivity contribution >= 4 is 34.1 Å². The predicted molar refractivity (Wildman–Crippen MR) is 86.6 cm³/mol. The summed E-state index contributed by atoms with van der Waals surface area (Å²) >= 11 is 3.27. The molecule has 0 radical (unpaired) electrons. The Morgan fingerprint density at radius 3 is 3.00 bits per heavy atom. The van der Waals surface area contributed by atoms with Crippen LogP contribution in [0.3, 0.4) is 0 Å². The van der Waals surface area contributed by atoms with Crippen LogP contribution in [-0.2, 0) is 4.79 Å². The molecule has 2 heterocycles. The molecule has 0 saturated carbocycles. The van der Waals surface area contributed by atoms with Gasteiger partial charge in [0.15, 0.2) is 0 Å². The minimum absolute atomic E-state index is 0.0282. The molecule has 0 bridgehead atoms. The average molecular weight is 320 g/mol. The van der Waals surface area contributed by atoms with Crippen molar-refractivity contribution in [3.8, 4) is 0 Å². The fourth-order valence-electron chi connectivity index (χ4n) is 2.38. The SMILES string of the molecule is O=C(CN1CCSCC1c1ccccc1)Nc1nncs1. The van der Waals surface area contributed by atoms with E-state index in [-0.39, 0.29) is 5.91 Å². The van der Waals surface area contributed by atoms with E-state index >= 15 is 0 Å². The van der Waals surface area contributed by atoms with E-state index in [9.17, 15) is 4.79 Å². The van der Waals surface area contributed by atoms with Crippen molar-refractivity contribution < 1.29 is 4.79 Å². The van der Waals surface area contributed by atoms with E-state index in [0.29, 0.717) is 17.7 Å². The highest BCUT2D eigenvalue weighted by Gasteiger charge is 2.26. The minimum atomic E-state index is -0.0282. The highest BCUT2D eigenvalue weighted by Crippen LogP contribution is 2.29. The molecule has 1 aliphatic rings. The number of aromatic nitrogens is 2. The summed E-state index contributed by atoms with van der Waals surface area (Å²) in [7, 11) is 0. The normalized spacial score (nSPS) is 19.3. The Bertz CT molecular complexity index is 576. The van der Waals surface area contributed by atoms with Crippen LogP contribution in [0.1, 0.15) is 11.6 Å². The Morgan fingerprint density at radius 1 is 1.38 bits per heavy atom. The van der Waals surface area contributed by atoms with Gasteiger partial charge in [0.1, 0.15) is 5.51 Å². The number of rotatable bonds is 4. The lowest BCUT2D eigenvalue weighted by atomic mass is 10.1. The summed E-state index contributed by atoms with van der Waals surface area (Å²) in [4.78, 5) is 14.4. The highest BCUT2D eigenvalue weighted by molar-refractivity contribution is 7.99. The number of thioether (sulfide) groups is 1. The van der Waals surface area contributed by atoms with E-state index in [1.54, 1.807) is 5.51 Å². The van der Waals surface area contributed by atoms with Crippen molar-refractivity contribution in [2.45, 2.75) is 6.04 Å². The number of carbonyl (C=O) groups excluding carboxylic acids is 1. The zero-order valence-electron chi connectivity index (χ0n) is 11.4. The average Bonchev–Trinajstić information content (AvgIpc) is 3.01. The number of hydrogen-bond acceptors (Lipinski definition) is 6. The first-order valence-electron chi connectivity index (χ1n) is 6.75. The second-order valence-electron chi connectivity index (χ2n) is 4.76. The van der Waals surface area contributed by atoms with Crippen LogP contribution in [0.2, 0.25) is 0 Å². The molecule has 1 amide bonds. The van der Waals surface area contributed by atoms with Crippen LogP contribution in [0.4, 0.5) is 5.13 Å². The van der Waals surface area contributed by atoms with Crippen molar-refractivity contribution in [2.75, 3.05) is 29.9 Å². The molecule has 1 atom stereocenters. The maximum Gasteiger partial charge on any atom is 0.240 e. The molecule has 110 valence electrons. The molecule has 0 aliphatic carbocycles. The molecule has 1 aromatic heterocycles.